The molecule has 1 fully saturated rings. The second-order valence-electron chi connectivity index (χ2n) is 5.59. The van der Waals surface area contributed by atoms with Gasteiger partial charge in [-0.1, -0.05) is 13.0 Å². The molecule has 1 aromatic rings. The number of halogens is 2. The van der Waals surface area contributed by atoms with Crippen LogP contribution in [0.5, 0.6) is 0 Å². The summed E-state index contributed by atoms with van der Waals surface area (Å²) < 4.78 is 32.9. The molecule has 20 heavy (non-hydrogen) atoms. The summed E-state index contributed by atoms with van der Waals surface area (Å²) in [5.74, 6) is -0.922. The van der Waals surface area contributed by atoms with Crippen molar-refractivity contribution in [1.29, 1.82) is 0 Å². The predicted molar refractivity (Wildman–Crippen MR) is 75.7 cm³/mol. The van der Waals surface area contributed by atoms with E-state index in [-0.39, 0.29) is 11.6 Å². The number of ether oxygens (including phenoxy) is 1. The number of hydrogen-bond donors (Lipinski definition) is 1. The van der Waals surface area contributed by atoms with Crippen molar-refractivity contribution in [2.75, 3.05) is 6.61 Å². The number of benzene rings is 1. The lowest BCUT2D eigenvalue weighted by Crippen LogP contribution is -2.43. The third kappa shape index (κ3) is 4.00. The van der Waals surface area contributed by atoms with Crippen molar-refractivity contribution in [2.45, 2.75) is 57.7 Å². The zero-order chi connectivity index (χ0) is 14.5. The SMILES string of the molecule is CCC1CC(NC(C)Cc2c(F)cccc2F)CCO1. The van der Waals surface area contributed by atoms with E-state index in [2.05, 4.69) is 12.2 Å². The zero-order valence-corrected chi connectivity index (χ0v) is 12.2. The Bertz CT molecular complexity index is 418. The van der Waals surface area contributed by atoms with Gasteiger partial charge in [0.15, 0.2) is 0 Å². The van der Waals surface area contributed by atoms with Crippen LogP contribution in [-0.4, -0.2) is 24.8 Å². The minimum Gasteiger partial charge on any atom is -0.378 e. The van der Waals surface area contributed by atoms with Gasteiger partial charge in [-0.25, -0.2) is 8.78 Å². The third-order valence-electron chi connectivity index (χ3n) is 3.91. The first-order valence-corrected chi connectivity index (χ1v) is 7.40. The molecule has 1 aromatic carbocycles. The molecule has 1 N–H and O–H groups in total. The Morgan fingerprint density at radius 1 is 1.35 bits per heavy atom. The molecule has 0 aromatic heterocycles. The second kappa shape index (κ2) is 7.14. The van der Waals surface area contributed by atoms with Crippen molar-refractivity contribution in [3.8, 4) is 0 Å². The summed E-state index contributed by atoms with van der Waals surface area (Å²) in [6, 6.07) is 4.44. The molecule has 1 saturated heterocycles. The fourth-order valence-corrected chi connectivity index (χ4v) is 2.81. The highest BCUT2D eigenvalue weighted by molar-refractivity contribution is 5.20. The maximum atomic E-state index is 13.6. The van der Waals surface area contributed by atoms with Crippen LogP contribution in [0.2, 0.25) is 0 Å². The molecule has 0 saturated carbocycles. The number of nitrogens with one attached hydrogen (secondary N) is 1. The van der Waals surface area contributed by atoms with Crippen LogP contribution in [-0.2, 0) is 11.2 Å². The van der Waals surface area contributed by atoms with Crippen LogP contribution >= 0.6 is 0 Å². The topological polar surface area (TPSA) is 21.3 Å². The summed E-state index contributed by atoms with van der Waals surface area (Å²) in [6.07, 6.45) is 3.61. The Balaban J connectivity index is 1.90. The number of rotatable bonds is 5. The van der Waals surface area contributed by atoms with Crippen LogP contribution in [0, 0.1) is 11.6 Å². The molecule has 3 unspecified atom stereocenters. The van der Waals surface area contributed by atoms with Gasteiger partial charge in [-0.15, -0.1) is 0 Å². The quantitative estimate of drug-likeness (QED) is 0.893. The second-order valence-corrected chi connectivity index (χ2v) is 5.59. The Morgan fingerprint density at radius 2 is 2.05 bits per heavy atom. The molecule has 4 heteroatoms. The van der Waals surface area contributed by atoms with Crippen molar-refractivity contribution in [1.82, 2.24) is 5.32 Å². The fraction of sp³-hybridized carbons (Fsp3) is 0.625. The Kier molecular flexibility index (Phi) is 5.49. The van der Waals surface area contributed by atoms with Crippen LogP contribution in [0.1, 0.15) is 38.7 Å². The largest absolute Gasteiger partial charge is 0.378 e. The van der Waals surface area contributed by atoms with Crippen molar-refractivity contribution in [3.63, 3.8) is 0 Å². The molecular weight excluding hydrogens is 260 g/mol. The maximum Gasteiger partial charge on any atom is 0.129 e. The molecule has 0 spiro atoms. The first-order valence-electron chi connectivity index (χ1n) is 7.40. The molecule has 0 amide bonds. The van der Waals surface area contributed by atoms with Gasteiger partial charge in [0.05, 0.1) is 6.10 Å². The predicted octanol–water partition coefficient (Wildman–Crippen LogP) is 3.44. The molecule has 0 radical (unpaired) electrons. The van der Waals surface area contributed by atoms with Gasteiger partial charge in [-0.05, 0) is 44.7 Å². The lowest BCUT2D eigenvalue weighted by atomic mass is 9.99. The summed E-state index contributed by atoms with van der Waals surface area (Å²) in [5, 5.41) is 3.47. The van der Waals surface area contributed by atoms with E-state index in [1.807, 2.05) is 6.92 Å². The fourth-order valence-electron chi connectivity index (χ4n) is 2.81. The lowest BCUT2D eigenvalue weighted by molar-refractivity contribution is -0.00161. The van der Waals surface area contributed by atoms with Crippen molar-refractivity contribution < 1.29 is 13.5 Å². The van der Waals surface area contributed by atoms with Gasteiger partial charge >= 0.3 is 0 Å². The molecule has 1 aliphatic heterocycles. The van der Waals surface area contributed by atoms with E-state index in [1.165, 1.54) is 18.2 Å². The third-order valence-corrected chi connectivity index (χ3v) is 3.91. The normalized spacial score (nSPS) is 24.6. The molecular formula is C16H23F2NO. The summed E-state index contributed by atoms with van der Waals surface area (Å²) in [6.45, 7) is 4.85. The van der Waals surface area contributed by atoms with E-state index in [4.69, 9.17) is 4.74 Å². The summed E-state index contributed by atoms with van der Waals surface area (Å²) in [5.41, 5.74) is 0.173. The van der Waals surface area contributed by atoms with E-state index in [0.29, 0.717) is 18.6 Å². The van der Waals surface area contributed by atoms with E-state index in [1.54, 1.807) is 0 Å². The van der Waals surface area contributed by atoms with Crippen molar-refractivity contribution in [3.05, 3.63) is 35.4 Å². The average Bonchev–Trinajstić information content (AvgIpc) is 2.43. The van der Waals surface area contributed by atoms with Crippen LogP contribution in [0.25, 0.3) is 0 Å². The number of hydrogen-bond acceptors (Lipinski definition) is 2. The van der Waals surface area contributed by atoms with Gasteiger partial charge in [-0.3, -0.25) is 0 Å². The van der Waals surface area contributed by atoms with Crippen LogP contribution in [0.4, 0.5) is 8.78 Å². The highest BCUT2D eigenvalue weighted by atomic mass is 19.1. The first-order chi connectivity index (χ1) is 9.60. The van der Waals surface area contributed by atoms with Gasteiger partial charge in [0, 0.05) is 24.3 Å². The monoisotopic (exact) mass is 283 g/mol. The highest BCUT2D eigenvalue weighted by Crippen LogP contribution is 2.18. The van der Waals surface area contributed by atoms with E-state index in [9.17, 15) is 8.78 Å². The van der Waals surface area contributed by atoms with Crippen molar-refractivity contribution >= 4 is 0 Å². The standard InChI is InChI=1S/C16H23F2NO/c1-3-13-10-12(7-8-20-13)19-11(2)9-14-15(17)5-4-6-16(14)18/h4-6,11-13,19H,3,7-10H2,1-2H3. The van der Waals surface area contributed by atoms with Gasteiger partial charge in [-0.2, -0.15) is 0 Å². The van der Waals surface area contributed by atoms with E-state index in [0.717, 1.165) is 25.9 Å². The van der Waals surface area contributed by atoms with Crippen LogP contribution in [0.3, 0.4) is 0 Å². The smallest absolute Gasteiger partial charge is 0.129 e. The molecule has 0 bridgehead atoms. The van der Waals surface area contributed by atoms with Crippen LogP contribution < -0.4 is 5.32 Å². The van der Waals surface area contributed by atoms with E-state index < -0.39 is 11.6 Å². The first kappa shape index (κ1) is 15.4. The lowest BCUT2D eigenvalue weighted by Gasteiger charge is -2.31. The van der Waals surface area contributed by atoms with E-state index >= 15 is 0 Å². The highest BCUT2D eigenvalue weighted by Gasteiger charge is 2.23. The molecule has 0 aliphatic carbocycles. The molecule has 1 heterocycles. The minimum absolute atomic E-state index is 0.0435. The van der Waals surface area contributed by atoms with Gasteiger partial charge in [0.1, 0.15) is 11.6 Å². The Morgan fingerprint density at radius 3 is 2.70 bits per heavy atom. The Hall–Kier alpha value is -1.00. The van der Waals surface area contributed by atoms with Crippen LogP contribution in [0.15, 0.2) is 18.2 Å². The van der Waals surface area contributed by atoms with Gasteiger partial charge < -0.3 is 10.1 Å². The summed E-state index contributed by atoms with van der Waals surface area (Å²) in [4.78, 5) is 0. The average molecular weight is 283 g/mol. The molecule has 112 valence electrons. The minimum atomic E-state index is -0.461. The van der Waals surface area contributed by atoms with Gasteiger partial charge in [0.25, 0.3) is 0 Å². The Labute approximate surface area is 119 Å². The zero-order valence-electron chi connectivity index (χ0n) is 12.2. The maximum absolute atomic E-state index is 13.6. The summed E-state index contributed by atoms with van der Waals surface area (Å²) in [7, 11) is 0. The van der Waals surface area contributed by atoms with Crippen molar-refractivity contribution in [2.24, 2.45) is 0 Å². The molecule has 2 nitrogen and oxygen atoms in total. The molecule has 3 atom stereocenters. The summed E-state index contributed by atoms with van der Waals surface area (Å²) >= 11 is 0. The molecule has 2 rings (SSSR count). The van der Waals surface area contributed by atoms with Gasteiger partial charge in [0.2, 0.25) is 0 Å². The molecule has 1 aliphatic rings.